The second-order valence-electron chi connectivity index (χ2n) is 19.2. The Morgan fingerprint density at radius 2 is 0.814 bits per heavy atom. The maximum Gasteiger partial charge on any atom is 0.472 e. The molecule has 0 aliphatic heterocycles. The Bertz CT molecular complexity index is 1550. The van der Waals surface area contributed by atoms with E-state index in [1.807, 2.05) is 33.3 Å². The molecular formula is C60H103NO8P+. The molecule has 0 aromatic heterocycles. The van der Waals surface area contributed by atoms with E-state index >= 15 is 0 Å². The van der Waals surface area contributed by atoms with Crippen LogP contribution in [0.4, 0.5) is 0 Å². The van der Waals surface area contributed by atoms with E-state index in [0.29, 0.717) is 17.4 Å². The van der Waals surface area contributed by atoms with Crippen molar-refractivity contribution in [1.82, 2.24) is 0 Å². The first-order valence-electron chi connectivity index (χ1n) is 27.6. The lowest BCUT2D eigenvalue weighted by Gasteiger charge is -2.24. The third kappa shape index (κ3) is 54.0. The zero-order chi connectivity index (χ0) is 51.3. The Kier molecular flexibility index (Phi) is 48.2. The molecule has 0 aromatic rings. The number of esters is 2. The number of hydrogen-bond donors (Lipinski definition) is 1. The van der Waals surface area contributed by atoms with Crippen LogP contribution in [0, 0.1) is 0 Å². The molecule has 2 atom stereocenters. The van der Waals surface area contributed by atoms with Gasteiger partial charge in [0, 0.05) is 6.42 Å². The van der Waals surface area contributed by atoms with Crippen LogP contribution >= 0.6 is 7.82 Å². The summed E-state index contributed by atoms with van der Waals surface area (Å²) in [5.74, 6) is -0.948. The molecule has 0 radical (unpaired) electrons. The molecule has 0 heterocycles. The number of carbonyl (C=O) groups is 2. The molecule has 0 fully saturated rings. The van der Waals surface area contributed by atoms with Crippen LogP contribution < -0.4 is 0 Å². The maximum absolute atomic E-state index is 12.7. The smallest absolute Gasteiger partial charge is 0.462 e. The van der Waals surface area contributed by atoms with Gasteiger partial charge in [-0.15, -0.1) is 0 Å². The van der Waals surface area contributed by atoms with Gasteiger partial charge in [0.15, 0.2) is 6.10 Å². The number of hydrogen-bond acceptors (Lipinski definition) is 7. The van der Waals surface area contributed by atoms with E-state index in [-0.39, 0.29) is 26.1 Å². The third-order valence-electron chi connectivity index (χ3n) is 11.3. The molecule has 0 rings (SSSR count). The maximum atomic E-state index is 12.7. The van der Waals surface area contributed by atoms with Gasteiger partial charge in [-0.25, -0.2) is 4.57 Å². The van der Waals surface area contributed by atoms with Gasteiger partial charge in [-0.2, -0.15) is 0 Å². The van der Waals surface area contributed by atoms with Gasteiger partial charge in [-0.1, -0.05) is 226 Å². The molecule has 0 aliphatic rings. The van der Waals surface area contributed by atoms with Gasteiger partial charge in [-0.3, -0.25) is 18.6 Å². The Labute approximate surface area is 429 Å². The van der Waals surface area contributed by atoms with E-state index in [1.54, 1.807) is 6.08 Å². The molecule has 0 aromatic carbocycles. The number of phosphoric acid groups is 1. The Morgan fingerprint density at radius 3 is 1.21 bits per heavy atom. The lowest BCUT2D eigenvalue weighted by Crippen LogP contribution is -2.37. The highest BCUT2D eigenvalue weighted by Gasteiger charge is 2.27. The van der Waals surface area contributed by atoms with E-state index in [0.717, 1.165) is 70.6 Å². The Hall–Kier alpha value is -3.33. The zero-order valence-electron chi connectivity index (χ0n) is 45.2. The van der Waals surface area contributed by atoms with Crippen molar-refractivity contribution in [3.63, 3.8) is 0 Å². The summed E-state index contributed by atoms with van der Waals surface area (Å²) in [5, 5.41) is 0. The van der Waals surface area contributed by atoms with Crippen LogP contribution in [0.3, 0.4) is 0 Å². The predicted octanol–water partition coefficient (Wildman–Crippen LogP) is 17.0. The van der Waals surface area contributed by atoms with Crippen molar-refractivity contribution in [3.05, 3.63) is 109 Å². The van der Waals surface area contributed by atoms with Crippen LogP contribution in [0.5, 0.6) is 0 Å². The van der Waals surface area contributed by atoms with Gasteiger partial charge in [-0.05, 0) is 77.0 Å². The first-order valence-corrected chi connectivity index (χ1v) is 29.1. The summed E-state index contributed by atoms with van der Waals surface area (Å²) in [7, 11) is 1.41. The van der Waals surface area contributed by atoms with Crippen LogP contribution in [0.2, 0.25) is 0 Å². The summed E-state index contributed by atoms with van der Waals surface area (Å²) in [5.41, 5.74) is 0. The number of carbonyl (C=O) groups excluding carboxylic acids is 2. The minimum absolute atomic E-state index is 0.00458. The lowest BCUT2D eigenvalue weighted by atomic mass is 10.0. The number of likely N-dealkylation sites (N-methyl/N-ethyl adjacent to an activating group) is 1. The fourth-order valence-corrected chi connectivity index (χ4v) is 7.88. The van der Waals surface area contributed by atoms with Gasteiger partial charge in [0.05, 0.1) is 34.2 Å². The standard InChI is InChI=1S/C60H102NO8P/c1-6-8-10-12-14-16-18-20-22-23-24-25-26-27-28-29-30-31-32-33-34-35-36-37-39-40-42-44-46-48-50-52-59(62)66-56-58(57-68-70(64,65)67-55-54-61(3,4)5)69-60(63)53-51-49-47-45-43-41-38-21-19-17-15-13-11-9-7-2/h8-11,14-17,20-22,24-25,38,43,45,49,51,58H,6-7,12-13,18-19,23,26-37,39-42,44,46-48,50,52-57H2,1-5H3/p+1/b10-8-,11-9-,16-14-,17-15-,22-20-,25-24-,38-21-,45-43-,51-49-. The van der Waals surface area contributed by atoms with Crippen LogP contribution in [-0.4, -0.2) is 74.9 Å². The molecule has 400 valence electrons. The highest BCUT2D eigenvalue weighted by Crippen LogP contribution is 2.43. The zero-order valence-corrected chi connectivity index (χ0v) is 46.1. The summed E-state index contributed by atoms with van der Waals surface area (Å²) in [6, 6.07) is 0. The fourth-order valence-electron chi connectivity index (χ4n) is 7.14. The van der Waals surface area contributed by atoms with Crippen LogP contribution in [-0.2, 0) is 32.7 Å². The van der Waals surface area contributed by atoms with Crippen LogP contribution in [0.1, 0.15) is 206 Å². The fraction of sp³-hybridized carbons (Fsp3) is 0.667. The molecule has 0 bridgehead atoms. The molecule has 0 aliphatic carbocycles. The van der Waals surface area contributed by atoms with Gasteiger partial charge >= 0.3 is 19.8 Å². The van der Waals surface area contributed by atoms with Crippen LogP contribution in [0.15, 0.2) is 109 Å². The Morgan fingerprint density at radius 1 is 0.457 bits per heavy atom. The average molecular weight is 997 g/mol. The van der Waals surface area contributed by atoms with E-state index in [1.165, 1.54) is 103 Å². The largest absolute Gasteiger partial charge is 0.472 e. The second-order valence-corrected chi connectivity index (χ2v) is 20.7. The SMILES string of the molecule is CC/C=C\C/C=C\C/C=C\C/C=C\C/C=C\CC(=O)OC(COC(=O)CCCCCCCCCCCCCCCCCCCC/C=C\C/C=C\C/C=C\C/C=C\CC)COP(=O)(O)OCC[N+](C)(C)C. The molecule has 9 nitrogen and oxygen atoms in total. The van der Waals surface area contributed by atoms with Crippen LogP contribution in [0.25, 0.3) is 0 Å². The topological polar surface area (TPSA) is 108 Å². The first-order chi connectivity index (χ1) is 34.0. The summed E-state index contributed by atoms with van der Waals surface area (Å²) in [6.45, 7) is 4.08. The first kappa shape index (κ1) is 66.7. The lowest BCUT2D eigenvalue weighted by molar-refractivity contribution is -0.870. The van der Waals surface area contributed by atoms with Crippen molar-refractivity contribution in [3.8, 4) is 0 Å². The van der Waals surface area contributed by atoms with E-state index in [4.69, 9.17) is 18.5 Å². The molecule has 0 spiro atoms. The minimum atomic E-state index is -4.41. The second kappa shape index (κ2) is 50.6. The normalized spacial score (nSPS) is 14.2. The quantitative estimate of drug-likeness (QED) is 0.0211. The highest BCUT2D eigenvalue weighted by molar-refractivity contribution is 7.47. The third-order valence-corrected chi connectivity index (χ3v) is 12.3. The number of allylic oxidation sites excluding steroid dienone is 17. The minimum Gasteiger partial charge on any atom is -0.462 e. The Balaban J connectivity index is 4.13. The van der Waals surface area contributed by atoms with Gasteiger partial charge in [0.2, 0.25) is 0 Å². The van der Waals surface area contributed by atoms with Crippen molar-refractivity contribution in [2.75, 3.05) is 47.5 Å². The molecule has 0 amide bonds. The molecule has 0 saturated carbocycles. The number of phosphoric ester groups is 1. The van der Waals surface area contributed by atoms with Gasteiger partial charge < -0.3 is 18.9 Å². The monoisotopic (exact) mass is 997 g/mol. The summed E-state index contributed by atoms with van der Waals surface area (Å²) in [6.07, 6.45) is 70.6. The van der Waals surface area contributed by atoms with Crippen molar-refractivity contribution in [1.29, 1.82) is 0 Å². The molecular weight excluding hydrogens is 894 g/mol. The molecule has 1 N–H and O–H groups in total. The molecule has 2 unspecified atom stereocenters. The summed E-state index contributed by atoms with van der Waals surface area (Å²) in [4.78, 5) is 35.5. The number of quaternary nitrogens is 1. The number of nitrogens with zero attached hydrogens (tertiary/aromatic N) is 1. The molecule has 70 heavy (non-hydrogen) atoms. The summed E-state index contributed by atoms with van der Waals surface area (Å²) < 4.78 is 34.3. The van der Waals surface area contributed by atoms with E-state index in [9.17, 15) is 19.0 Å². The van der Waals surface area contributed by atoms with Crippen molar-refractivity contribution < 1.29 is 42.1 Å². The number of unbranched alkanes of at least 4 members (excludes halogenated alkanes) is 18. The van der Waals surface area contributed by atoms with Gasteiger partial charge in [0.1, 0.15) is 19.8 Å². The molecule has 0 saturated heterocycles. The number of rotatable bonds is 49. The van der Waals surface area contributed by atoms with Crippen molar-refractivity contribution >= 4 is 19.8 Å². The van der Waals surface area contributed by atoms with Crippen molar-refractivity contribution in [2.24, 2.45) is 0 Å². The number of ether oxygens (including phenoxy) is 2. The predicted molar refractivity (Wildman–Crippen MR) is 298 cm³/mol. The van der Waals surface area contributed by atoms with E-state index < -0.39 is 32.5 Å². The highest BCUT2D eigenvalue weighted by atomic mass is 31.2. The average Bonchev–Trinajstić information content (AvgIpc) is 3.32. The van der Waals surface area contributed by atoms with Gasteiger partial charge in [0.25, 0.3) is 0 Å². The van der Waals surface area contributed by atoms with E-state index in [2.05, 4.69) is 105 Å². The van der Waals surface area contributed by atoms with Crippen molar-refractivity contribution in [2.45, 2.75) is 213 Å². The summed E-state index contributed by atoms with van der Waals surface area (Å²) >= 11 is 0. The molecule has 10 heteroatoms.